The first-order valence-electron chi connectivity index (χ1n) is 6.38. The second-order valence-corrected chi connectivity index (χ2v) is 4.92. The van der Waals surface area contributed by atoms with Crippen molar-refractivity contribution in [1.29, 1.82) is 0 Å². The van der Waals surface area contributed by atoms with Crippen LogP contribution in [0, 0.1) is 5.92 Å². The zero-order valence-electron chi connectivity index (χ0n) is 11.1. The third-order valence-electron chi connectivity index (χ3n) is 3.36. The lowest BCUT2D eigenvalue weighted by Gasteiger charge is -2.15. The second kappa shape index (κ2) is 6.98. The van der Waals surface area contributed by atoms with Gasteiger partial charge >= 0.3 is 0 Å². The van der Waals surface area contributed by atoms with Gasteiger partial charge in [0, 0.05) is 25.7 Å². The van der Waals surface area contributed by atoms with E-state index in [9.17, 15) is 0 Å². The predicted octanol–water partition coefficient (Wildman–Crippen LogP) is 2.29. The van der Waals surface area contributed by atoms with Gasteiger partial charge in [0.2, 0.25) is 0 Å². The largest absolute Gasteiger partial charge is 0.494 e. The van der Waals surface area contributed by atoms with Crippen LogP contribution in [0.1, 0.15) is 19.4 Å². The number of nitrogens with two attached hydrogens (primary N) is 1. The van der Waals surface area contributed by atoms with Gasteiger partial charge in [-0.2, -0.15) is 0 Å². The van der Waals surface area contributed by atoms with Crippen molar-refractivity contribution in [3.05, 3.63) is 29.8 Å². The Hall–Kier alpha value is -0.770. The smallest absolute Gasteiger partial charge is 0.119 e. The number of likely N-dealkylation sites (tertiary alicyclic amines) is 1. The lowest BCUT2D eigenvalue weighted by atomic mass is 10.1. The molecule has 2 unspecified atom stereocenters. The van der Waals surface area contributed by atoms with Crippen molar-refractivity contribution >= 4 is 12.4 Å². The fourth-order valence-electron chi connectivity index (χ4n) is 2.38. The van der Waals surface area contributed by atoms with Gasteiger partial charge in [-0.1, -0.05) is 19.1 Å². The molecule has 0 spiro atoms. The van der Waals surface area contributed by atoms with Gasteiger partial charge in [0.25, 0.3) is 0 Å². The molecule has 2 N–H and O–H groups in total. The normalized spacial score (nSPS) is 23.7. The highest BCUT2D eigenvalue weighted by Gasteiger charge is 2.26. The first-order valence-corrected chi connectivity index (χ1v) is 6.38. The third kappa shape index (κ3) is 3.87. The molecule has 18 heavy (non-hydrogen) atoms. The van der Waals surface area contributed by atoms with Gasteiger partial charge in [0.15, 0.2) is 0 Å². The molecule has 1 heterocycles. The van der Waals surface area contributed by atoms with E-state index < -0.39 is 0 Å². The number of ether oxygens (including phenoxy) is 1. The summed E-state index contributed by atoms with van der Waals surface area (Å²) >= 11 is 0. The Morgan fingerprint density at radius 1 is 1.39 bits per heavy atom. The van der Waals surface area contributed by atoms with Crippen LogP contribution in [0.5, 0.6) is 5.75 Å². The molecular weight excluding hydrogens is 248 g/mol. The molecule has 0 amide bonds. The highest BCUT2D eigenvalue weighted by atomic mass is 35.5. The lowest BCUT2D eigenvalue weighted by molar-refractivity contribution is 0.315. The molecule has 0 radical (unpaired) electrons. The van der Waals surface area contributed by atoms with Crippen LogP contribution in [0.4, 0.5) is 0 Å². The maximum Gasteiger partial charge on any atom is 0.119 e. The molecule has 1 aromatic rings. The summed E-state index contributed by atoms with van der Waals surface area (Å²) in [4.78, 5) is 2.42. The molecule has 2 rings (SSSR count). The van der Waals surface area contributed by atoms with Gasteiger partial charge in [0.05, 0.1) is 6.61 Å². The zero-order chi connectivity index (χ0) is 12.3. The van der Waals surface area contributed by atoms with Crippen LogP contribution in [0.15, 0.2) is 24.3 Å². The fraction of sp³-hybridized carbons (Fsp3) is 0.571. The standard InChI is InChI=1S/C14H22N2O.ClH/c1-3-17-13-6-4-5-12(7-13)9-16-8-11(2)14(15)10-16;/h4-7,11,14H,3,8-10,15H2,1-2H3;1H. The van der Waals surface area contributed by atoms with Crippen molar-refractivity contribution in [3.63, 3.8) is 0 Å². The van der Waals surface area contributed by atoms with Gasteiger partial charge in [-0.15, -0.1) is 12.4 Å². The fourth-order valence-corrected chi connectivity index (χ4v) is 2.38. The molecule has 2 atom stereocenters. The van der Waals surface area contributed by atoms with Gasteiger partial charge < -0.3 is 10.5 Å². The molecule has 102 valence electrons. The van der Waals surface area contributed by atoms with Crippen LogP contribution in [-0.4, -0.2) is 30.6 Å². The molecule has 0 bridgehead atoms. The summed E-state index contributed by atoms with van der Waals surface area (Å²) in [6.07, 6.45) is 0. The minimum atomic E-state index is 0. The summed E-state index contributed by atoms with van der Waals surface area (Å²) in [5.74, 6) is 1.56. The SMILES string of the molecule is CCOc1cccc(CN2CC(C)C(N)C2)c1.Cl. The Labute approximate surface area is 116 Å². The molecule has 0 aliphatic carbocycles. The van der Waals surface area contributed by atoms with E-state index in [1.54, 1.807) is 0 Å². The van der Waals surface area contributed by atoms with Crippen molar-refractivity contribution in [2.45, 2.75) is 26.4 Å². The number of halogens is 1. The molecule has 4 heteroatoms. The highest BCUT2D eigenvalue weighted by Crippen LogP contribution is 2.19. The summed E-state index contributed by atoms with van der Waals surface area (Å²) < 4.78 is 5.51. The molecular formula is C14H23ClN2O. The molecule has 1 aliphatic heterocycles. The Morgan fingerprint density at radius 3 is 2.78 bits per heavy atom. The highest BCUT2D eigenvalue weighted by molar-refractivity contribution is 5.85. The van der Waals surface area contributed by atoms with Crippen molar-refractivity contribution in [2.75, 3.05) is 19.7 Å². The summed E-state index contributed by atoms with van der Waals surface area (Å²) in [5, 5.41) is 0. The summed E-state index contributed by atoms with van der Waals surface area (Å²) in [6.45, 7) is 8.02. The van der Waals surface area contributed by atoms with Crippen LogP contribution < -0.4 is 10.5 Å². The van der Waals surface area contributed by atoms with E-state index in [2.05, 4.69) is 30.0 Å². The lowest BCUT2D eigenvalue weighted by Crippen LogP contribution is -2.28. The van der Waals surface area contributed by atoms with Gasteiger partial charge in [-0.25, -0.2) is 0 Å². The number of benzene rings is 1. The first kappa shape index (κ1) is 15.3. The molecule has 0 aromatic heterocycles. The number of hydrogen-bond donors (Lipinski definition) is 1. The van der Waals surface area contributed by atoms with E-state index in [1.165, 1.54) is 5.56 Å². The molecule has 1 aromatic carbocycles. The van der Waals surface area contributed by atoms with E-state index in [0.717, 1.165) is 32.0 Å². The maximum absolute atomic E-state index is 6.03. The van der Waals surface area contributed by atoms with Gasteiger partial charge in [-0.05, 0) is 30.5 Å². The van der Waals surface area contributed by atoms with E-state index in [-0.39, 0.29) is 12.4 Å². The van der Waals surface area contributed by atoms with Crippen molar-refractivity contribution in [1.82, 2.24) is 4.90 Å². The van der Waals surface area contributed by atoms with E-state index in [4.69, 9.17) is 10.5 Å². The number of hydrogen-bond acceptors (Lipinski definition) is 3. The quantitative estimate of drug-likeness (QED) is 0.912. The number of nitrogens with zero attached hydrogens (tertiary/aromatic N) is 1. The monoisotopic (exact) mass is 270 g/mol. The third-order valence-corrected chi connectivity index (χ3v) is 3.36. The van der Waals surface area contributed by atoms with E-state index in [0.29, 0.717) is 12.0 Å². The Morgan fingerprint density at radius 2 is 2.17 bits per heavy atom. The molecule has 1 aliphatic rings. The average molecular weight is 271 g/mol. The second-order valence-electron chi connectivity index (χ2n) is 4.92. The maximum atomic E-state index is 6.03. The minimum absolute atomic E-state index is 0. The van der Waals surface area contributed by atoms with Gasteiger partial charge in [-0.3, -0.25) is 4.90 Å². The van der Waals surface area contributed by atoms with Crippen molar-refractivity contribution in [2.24, 2.45) is 11.7 Å². The van der Waals surface area contributed by atoms with E-state index >= 15 is 0 Å². The first-order chi connectivity index (χ1) is 8.19. The van der Waals surface area contributed by atoms with Gasteiger partial charge in [0.1, 0.15) is 5.75 Å². The molecule has 0 saturated carbocycles. The molecule has 3 nitrogen and oxygen atoms in total. The van der Waals surface area contributed by atoms with E-state index in [1.807, 2.05) is 13.0 Å². The topological polar surface area (TPSA) is 38.5 Å². The summed E-state index contributed by atoms with van der Waals surface area (Å²) in [6, 6.07) is 8.66. The average Bonchev–Trinajstić information content (AvgIpc) is 2.59. The van der Waals surface area contributed by atoms with Crippen LogP contribution in [0.2, 0.25) is 0 Å². The van der Waals surface area contributed by atoms with Crippen LogP contribution in [0.3, 0.4) is 0 Å². The number of rotatable bonds is 4. The zero-order valence-corrected chi connectivity index (χ0v) is 12.0. The Bertz CT molecular complexity index is 363. The molecule has 1 saturated heterocycles. The predicted molar refractivity (Wildman–Crippen MR) is 77.3 cm³/mol. The van der Waals surface area contributed by atoms with Crippen LogP contribution in [0.25, 0.3) is 0 Å². The van der Waals surface area contributed by atoms with Crippen molar-refractivity contribution in [3.8, 4) is 5.75 Å². The van der Waals surface area contributed by atoms with Crippen LogP contribution in [-0.2, 0) is 6.54 Å². The van der Waals surface area contributed by atoms with Crippen molar-refractivity contribution < 1.29 is 4.74 Å². The molecule has 1 fully saturated rings. The minimum Gasteiger partial charge on any atom is -0.494 e. The summed E-state index contributed by atoms with van der Waals surface area (Å²) in [5.41, 5.74) is 7.34. The Kier molecular flexibility index (Phi) is 5.93. The van der Waals surface area contributed by atoms with Crippen LogP contribution >= 0.6 is 12.4 Å². The Balaban J connectivity index is 0.00000162. The summed E-state index contributed by atoms with van der Waals surface area (Å²) in [7, 11) is 0.